The van der Waals surface area contributed by atoms with Crippen LogP contribution in [0.15, 0.2) is 40.9 Å². The Bertz CT molecular complexity index is 801. The maximum Gasteiger partial charge on any atom is 0.147 e. The van der Waals surface area contributed by atoms with Gasteiger partial charge in [-0.25, -0.2) is 13.8 Å². The summed E-state index contributed by atoms with van der Waals surface area (Å²) in [4.78, 5) is 4.25. The Labute approximate surface area is 127 Å². The lowest BCUT2D eigenvalue weighted by Crippen LogP contribution is -2.01. The first-order chi connectivity index (χ1) is 9.61. The van der Waals surface area contributed by atoms with Crippen LogP contribution in [0.3, 0.4) is 0 Å². The second-order valence-electron chi connectivity index (χ2n) is 4.20. The molecule has 20 heavy (non-hydrogen) atoms. The predicted molar refractivity (Wildman–Crippen MR) is 78.2 cm³/mol. The third-order valence-electron chi connectivity index (χ3n) is 2.98. The van der Waals surface area contributed by atoms with E-state index in [0.29, 0.717) is 27.0 Å². The van der Waals surface area contributed by atoms with E-state index in [-0.39, 0.29) is 5.88 Å². The van der Waals surface area contributed by atoms with Crippen molar-refractivity contribution >= 4 is 38.6 Å². The molecule has 0 unspecified atom stereocenters. The smallest absolute Gasteiger partial charge is 0.147 e. The quantitative estimate of drug-likeness (QED) is 0.602. The van der Waals surface area contributed by atoms with E-state index in [1.807, 2.05) is 0 Å². The topological polar surface area (TPSA) is 17.8 Å². The lowest BCUT2D eigenvalue weighted by atomic mass is 10.2. The molecule has 0 atom stereocenters. The van der Waals surface area contributed by atoms with Crippen LogP contribution in [-0.4, -0.2) is 9.55 Å². The van der Waals surface area contributed by atoms with Crippen molar-refractivity contribution in [3.05, 3.63) is 58.3 Å². The van der Waals surface area contributed by atoms with Crippen LogP contribution in [-0.2, 0) is 5.88 Å². The lowest BCUT2D eigenvalue weighted by Gasteiger charge is -2.09. The summed E-state index contributed by atoms with van der Waals surface area (Å²) in [6.45, 7) is 0. The highest BCUT2D eigenvalue weighted by Crippen LogP contribution is 2.28. The van der Waals surface area contributed by atoms with Gasteiger partial charge in [0.05, 0.1) is 27.1 Å². The van der Waals surface area contributed by atoms with E-state index in [2.05, 4.69) is 20.9 Å². The van der Waals surface area contributed by atoms with E-state index in [4.69, 9.17) is 11.6 Å². The number of benzene rings is 2. The Morgan fingerprint density at radius 2 is 1.90 bits per heavy atom. The second-order valence-corrected chi connectivity index (χ2v) is 5.33. The zero-order chi connectivity index (χ0) is 14.3. The molecule has 0 aliphatic rings. The summed E-state index contributed by atoms with van der Waals surface area (Å²) in [5.74, 6) is -0.248. The standard InChI is InChI=1S/C14H8BrClF2N2/c15-8-5-13-11(6-10(8)18)19-14(7-16)20(13)12-4-2-1-3-9(12)17/h1-6H,7H2. The van der Waals surface area contributed by atoms with Crippen LogP contribution in [0.4, 0.5) is 8.78 Å². The van der Waals surface area contributed by atoms with Gasteiger partial charge in [-0.3, -0.25) is 4.57 Å². The molecule has 0 saturated heterocycles. The molecule has 0 aliphatic carbocycles. The molecule has 0 saturated carbocycles. The van der Waals surface area contributed by atoms with E-state index in [0.717, 1.165) is 0 Å². The lowest BCUT2D eigenvalue weighted by molar-refractivity contribution is 0.617. The summed E-state index contributed by atoms with van der Waals surface area (Å²) >= 11 is 9.00. The van der Waals surface area contributed by atoms with E-state index < -0.39 is 11.6 Å². The van der Waals surface area contributed by atoms with Crippen LogP contribution < -0.4 is 0 Å². The molecule has 3 aromatic rings. The molecular formula is C14H8BrClF2N2. The number of hydrogen-bond acceptors (Lipinski definition) is 1. The fourth-order valence-electron chi connectivity index (χ4n) is 2.11. The molecule has 1 aromatic heterocycles. The molecule has 2 nitrogen and oxygen atoms in total. The van der Waals surface area contributed by atoms with E-state index in [1.54, 1.807) is 28.8 Å². The molecule has 0 spiro atoms. The summed E-state index contributed by atoms with van der Waals surface area (Å²) in [6.07, 6.45) is 0. The first-order valence-corrected chi connectivity index (χ1v) is 7.12. The van der Waals surface area contributed by atoms with Gasteiger partial charge in [-0.15, -0.1) is 11.6 Å². The van der Waals surface area contributed by atoms with Crippen LogP contribution in [0.5, 0.6) is 0 Å². The SMILES string of the molecule is Fc1cc2nc(CCl)n(-c3ccccc3F)c2cc1Br. The van der Waals surface area contributed by atoms with Crippen molar-refractivity contribution in [2.24, 2.45) is 0 Å². The highest BCUT2D eigenvalue weighted by atomic mass is 79.9. The van der Waals surface area contributed by atoms with Gasteiger partial charge in [-0.2, -0.15) is 0 Å². The number of aromatic nitrogens is 2. The summed E-state index contributed by atoms with van der Waals surface area (Å²) in [5, 5.41) is 0. The number of halogens is 4. The van der Waals surface area contributed by atoms with Gasteiger partial charge in [0.15, 0.2) is 0 Å². The minimum absolute atomic E-state index is 0.0995. The predicted octanol–water partition coefficient (Wildman–Crippen LogP) is 4.81. The Kier molecular flexibility index (Phi) is 3.48. The zero-order valence-corrected chi connectivity index (χ0v) is 12.4. The van der Waals surface area contributed by atoms with Gasteiger partial charge < -0.3 is 0 Å². The van der Waals surface area contributed by atoms with E-state index >= 15 is 0 Å². The molecule has 1 heterocycles. The molecule has 0 N–H and O–H groups in total. The molecule has 0 bridgehead atoms. The van der Waals surface area contributed by atoms with Gasteiger partial charge in [0.1, 0.15) is 17.5 Å². The van der Waals surface area contributed by atoms with Gasteiger partial charge in [0.25, 0.3) is 0 Å². The van der Waals surface area contributed by atoms with Crippen molar-refractivity contribution in [3.63, 3.8) is 0 Å². The number of nitrogens with zero attached hydrogens (tertiary/aromatic N) is 2. The summed E-state index contributed by atoms with van der Waals surface area (Å²) in [7, 11) is 0. The molecule has 0 aliphatic heterocycles. The van der Waals surface area contributed by atoms with Crippen LogP contribution in [0.2, 0.25) is 0 Å². The summed E-state index contributed by atoms with van der Waals surface area (Å²) < 4.78 is 29.5. The van der Waals surface area contributed by atoms with Crippen LogP contribution in [0, 0.1) is 11.6 Å². The van der Waals surface area contributed by atoms with Gasteiger partial charge in [-0.1, -0.05) is 12.1 Å². The molecule has 2 aromatic carbocycles. The molecular weight excluding hydrogens is 350 g/mol. The fraction of sp³-hybridized carbons (Fsp3) is 0.0714. The Balaban J connectivity index is 2.39. The Morgan fingerprint density at radius 1 is 1.15 bits per heavy atom. The van der Waals surface area contributed by atoms with Gasteiger partial charge in [0.2, 0.25) is 0 Å². The first-order valence-electron chi connectivity index (χ1n) is 5.79. The fourth-order valence-corrected chi connectivity index (χ4v) is 2.62. The van der Waals surface area contributed by atoms with E-state index in [9.17, 15) is 8.78 Å². The van der Waals surface area contributed by atoms with Gasteiger partial charge >= 0.3 is 0 Å². The maximum atomic E-state index is 14.0. The third-order valence-corrected chi connectivity index (χ3v) is 3.83. The van der Waals surface area contributed by atoms with Crippen molar-refractivity contribution in [2.45, 2.75) is 5.88 Å². The average molecular weight is 358 g/mol. The number of alkyl halides is 1. The van der Waals surface area contributed by atoms with Crippen LogP contribution >= 0.6 is 27.5 Å². The van der Waals surface area contributed by atoms with Crippen molar-refractivity contribution in [3.8, 4) is 5.69 Å². The van der Waals surface area contributed by atoms with Crippen LogP contribution in [0.1, 0.15) is 5.82 Å². The van der Waals surface area contributed by atoms with Crippen molar-refractivity contribution in [1.29, 1.82) is 0 Å². The monoisotopic (exact) mass is 356 g/mol. The van der Waals surface area contributed by atoms with Crippen molar-refractivity contribution in [1.82, 2.24) is 9.55 Å². The minimum Gasteiger partial charge on any atom is -0.292 e. The normalized spacial score (nSPS) is 11.2. The largest absolute Gasteiger partial charge is 0.292 e. The molecule has 0 fully saturated rings. The summed E-state index contributed by atoms with van der Waals surface area (Å²) in [6, 6.07) is 9.18. The molecule has 6 heteroatoms. The Hall–Kier alpha value is -1.46. The van der Waals surface area contributed by atoms with Gasteiger partial charge in [0, 0.05) is 6.07 Å². The molecule has 0 radical (unpaired) electrons. The third kappa shape index (κ3) is 2.11. The van der Waals surface area contributed by atoms with Gasteiger partial charge in [-0.05, 0) is 34.1 Å². The highest BCUT2D eigenvalue weighted by Gasteiger charge is 2.16. The molecule has 102 valence electrons. The molecule has 0 amide bonds. The van der Waals surface area contributed by atoms with Crippen molar-refractivity contribution in [2.75, 3.05) is 0 Å². The maximum absolute atomic E-state index is 14.0. The number of imidazole rings is 1. The number of para-hydroxylation sites is 1. The second kappa shape index (κ2) is 5.14. The van der Waals surface area contributed by atoms with Crippen LogP contribution in [0.25, 0.3) is 16.7 Å². The zero-order valence-electron chi connectivity index (χ0n) is 10.1. The number of fused-ring (bicyclic) bond motifs is 1. The number of rotatable bonds is 2. The summed E-state index contributed by atoms with van der Waals surface area (Å²) in [5.41, 5.74) is 1.37. The molecule has 3 rings (SSSR count). The first kappa shape index (κ1) is 13.5. The average Bonchev–Trinajstić information content (AvgIpc) is 2.77. The highest BCUT2D eigenvalue weighted by molar-refractivity contribution is 9.10. The Morgan fingerprint density at radius 3 is 2.60 bits per heavy atom. The minimum atomic E-state index is -0.420. The van der Waals surface area contributed by atoms with Crippen molar-refractivity contribution < 1.29 is 8.78 Å². The van der Waals surface area contributed by atoms with E-state index in [1.165, 1.54) is 12.1 Å². The number of hydrogen-bond donors (Lipinski definition) is 0.